The third kappa shape index (κ3) is 2.71. The van der Waals surface area contributed by atoms with E-state index in [1.807, 2.05) is 0 Å². The second-order valence-corrected chi connectivity index (χ2v) is 7.51. The van der Waals surface area contributed by atoms with Gasteiger partial charge in [-0.1, -0.05) is 6.07 Å². The highest BCUT2D eigenvalue weighted by atomic mass is 32.1. The number of thiophene rings is 2. The van der Waals surface area contributed by atoms with Crippen LogP contribution in [0.15, 0.2) is 40.8 Å². The van der Waals surface area contributed by atoms with Crippen LogP contribution in [0, 0.1) is 5.82 Å². The van der Waals surface area contributed by atoms with Gasteiger partial charge in [0.2, 0.25) is 0 Å². The van der Waals surface area contributed by atoms with E-state index in [1.165, 1.54) is 39.6 Å². The molecule has 0 atom stereocenters. The fourth-order valence-electron chi connectivity index (χ4n) is 2.86. The lowest BCUT2D eigenvalue weighted by atomic mass is 10.1. The van der Waals surface area contributed by atoms with Crippen molar-refractivity contribution >= 4 is 48.9 Å². The predicted octanol–water partition coefficient (Wildman–Crippen LogP) is 4.04. The largest absolute Gasteiger partial charge is 0.462 e. The maximum atomic E-state index is 14.5. The van der Waals surface area contributed by atoms with E-state index in [-0.39, 0.29) is 18.7 Å². The summed E-state index contributed by atoms with van der Waals surface area (Å²) in [5, 5.41) is 2.65. The summed E-state index contributed by atoms with van der Waals surface area (Å²) >= 11 is 2.55. The zero-order valence-electron chi connectivity index (χ0n) is 13.7. The molecule has 5 nitrogen and oxygen atoms in total. The summed E-state index contributed by atoms with van der Waals surface area (Å²) in [5.74, 6) is -0.942. The number of rotatable bonds is 4. The minimum atomic E-state index is -0.513. The van der Waals surface area contributed by atoms with Crippen LogP contribution in [-0.4, -0.2) is 22.1 Å². The predicted molar refractivity (Wildman–Crippen MR) is 101 cm³/mol. The number of hydrogen-bond donors (Lipinski definition) is 0. The Kier molecular flexibility index (Phi) is 4.29. The van der Waals surface area contributed by atoms with E-state index in [1.54, 1.807) is 30.5 Å². The van der Waals surface area contributed by atoms with E-state index < -0.39 is 11.8 Å². The summed E-state index contributed by atoms with van der Waals surface area (Å²) < 4.78 is 21.6. The Bertz CT molecular complexity index is 1190. The first-order valence-corrected chi connectivity index (χ1v) is 9.59. The van der Waals surface area contributed by atoms with E-state index >= 15 is 0 Å². The minimum absolute atomic E-state index is 0.0483. The summed E-state index contributed by atoms with van der Waals surface area (Å²) in [6.45, 7) is 1.98. The highest BCUT2D eigenvalue weighted by Crippen LogP contribution is 2.34. The van der Waals surface area contributed by atoms with E-state index in [0.29, 0.717) is 30.7 Å². The molecule has 0 bridgehead atoms. The van der Waals surface area contributed by atoms with Crippen molar-refractivity contribution in [2.75, 3.05) is 6.61 Å². The number of hydrogen-bond acceptors (Lipinski definition) is 6. The summed E-state index contributed by atoms with van der Waals surface area (Å²) in [5.41, 5.74) is 0.224. The van der Waals surface area contributed by atoms with Crippen LogP contribution in [-0.2, 0) is 11.3 Å². The molecule has 3 heterocycles. The van der Waals surface area contributed by atoms with Gasteiger partial charge in [0.15, 0.2) is 0 Å². The molecule has 8 heteroatoms. The molecule has 0 spiro atoms. The Morgan fingerprint density at radius 3 is 3.00 bits per heavy atom. The second-order valence-electron chi connectivity index (χ2n) is 5.56. The summed E-state index contributed by atoms with van der Waals surface area (Å²) in [4.78, 5) is 30.3. The number of carbonyl (C=O) groups excluding carboxylic acids is 1. The molecule has 0 unspecified atom stereocenters. The first-order chi connectivity index (χ1) is 12.6. The van der Waals surface area contributed by atoms with E-state index in [0.717, 1.165) is 0 Å². The van der Waals surface area contributed by atoms with Gasteiger partial charge in [0, 0.05) is 15.6 Å². The molecule has 4 aromatic rings. The number of aromatic nitrogens is 2. The summed E-state index contributed by atoms with van der Waals surface area (Å²) in [6.07, 6.45) is 1.43. The van der Waals surface area contributed by atoms with Crippen molar-refractivity contribution in [1.82, 2.24) is 9.55 Å². The quantitative estimate of drug-likeness (QED) is 0.495. The van der Waals surface area contributed by atoms with Crippen LogP contribution in [0.25, 0.3) is 20.3 Å². The molecule has 26 heavy (non-hydrogen) atoms. The van der Waals surface area contributed by atoms with Gasteiger partial charge < -0.3 is 4.74 Å². The van der Waals surface area contributed by atoms with Crippen molar-refractivity contribution in [3.05, 3.63) is 62.6 Å². The average Bonchev–Trinajstić information content (AvgIpc) is 3.23. The lowest BCUT2D eigenvalue weighted by Gasteiger charge is -2.08. The highest BCUT2D eigenvalue weighted by molar-refractivity contribution is 7.21. The average molecular weight is 388 g/mol. The molecule has 0 aliphatic rings. The van der Waals surface area contributed by atoms with Crippen molar-refractivity contribution in [3.8, 4) is 0 Å². The van der Waals surface area contributed by atoms with Gasteiger partial charge in [0.1, 0.15) is 15.5 Å². The van der Waals surface area contributed by atoms with Crippen LogP contribution in [0.3, 0.4) is 0 Å². The monoisotopic (exact) mass is 388 g/mol. The van der Waals surface area contributed by atoms with Gasteiger partial charge in [0.25, 0.3) is 5.56 Å². The molecule has 0 N–H and O–H groups in total. The lowest BCUT2D eigenvalue weighted by molar-refractivity contribution is 0.0531. The molecule has 0 saturated heterocycles. The van der Waals surface area contributed by atoms with Crippen LogP contribution < -0.4 is 5.56 Å². The van der Waals surface area contributed by atoms with Gasteiger partial charge in [-0.15, -0.1) is 22.7 Å². The summed E-state index contributed by atoms with van der Waals surface area (Å²) in [7, 11) is 0. The Labute approximate surface area is 155 Å². The Morgan fingerprint density at radius 1 is 1.35 bits per heavy atom. The molecular weight excluding hydrogens is 375 g/mol. The highest BCUT2D eigenvalue weighted by Gasteiger charge is 2.22. The Balaban J connectivity index is 1.91. The van der Waals surface area contributed by atoms with Gasteiger partial charge in [-0.05, 0) is 30.5 Å². The maximum Gasteiger partial charge on any atom is 0.348 e. The molecule has 0 radical (unpaired) electrons. The van der Waals surface area contributed by atoms with Crippen molar-refractivity contribution in [2.24, 2.45) is 0 Å². The summed E-state index contributed by atoms with van der Waals surface area (Å²) in [6, 6.07) is 6.40. The molecule has 0 fully saturated rings. The topological polar surface area (TPSA) is 61.2 Å². The molecule has 0 saturated carbocycles. The lowest BCUT2D eigenvalue weighted by Crippen LogP contribution is -2.21. The van der Waals surface area contributed by atoms with Crippen LogP contribution in [0.2, 0.25) is 0 Å². The standard InChI is InChI=1S/C18H13FN2O3S2/c1-2-24-18(23)15-11(14-12(19)4-3-5-13(14)26-15)8-21-9-20-16-10(17(21)22)6-7-25-16/h3-7,9H,2,8H2,1H3. The van der Waals surface area contributed by atoms with E-state index in [9.17, 15) is 14.0 Å². The van der Waals surface area contributed by atoms with E-state index in [4.69, 9.17) is 4.74 Å². The Morgan fingerprint density at radius 2 is 2.19 bits per heavy atom. The zero-order valence-corrected chi connectivity index (χ0v) is 15.3. The van der Waals surface area contributed by atoms with Gasteiger partial charge in [-0.3, -0.25) is 9.36 Å². The van der Waals surface area contributed by atoms with Crippen LogP contribution in [0.4, 0.5) is 4.39 Å². The van der Waals surface area contributed by atoms with Gasteiger partial charge in [0.05, 0.1) is 24.9 Å². The zero-order chi connectivity index (χ0) is 18.3. The normalized spacial score (nSPS) is 11.3. The molecule has 1 aromatic carbocycles. The molecule has 0 amide bonds. The number of ether oxygens (including phenoxy) is 1. The number of benzene rings is 1. The SMILES string of the molecule is CCOC(=O)c1sc2cccc(F)c2c1Cn1cnc2sccc2c1=O. The fraction of sp³-hybridized carbons (Fsp3) is 0.167. The number of esters is 1. The second kappa shape index (κ2) is 6.62. The van der Waals surface area contributed by atoms with E-state index in [2.05, 4.69) is 4.98 Å². The third-order valence-electron chi connectivity index (χ3n) is 4.00. The van der Waals surface area contributed by atoms with Crippen LogP contribution >= 0.6 is 22.7 Å². The van der Waals surface area contributed by atoms with Gasteiger partial charge in [-0.25, -0.2) is 14.2 Å². The van der Waals surface area contributed by atoms with Crippen molar-refractivity contribution in [1.29, 1.82) is 0 Å². The molecule has 0 aliphatic heterocycles. The van der Waals surface area contributed by atoms with Crippen molar-refractivity contribution in [2.45, 2.75) is 13.5 Å². The molecule has 3 aromatic heterocycles. The number of nitrogens with zero attached hydrogens (tertiary/aromatic N) is 2. The molecule has 132 valence electrons. The smallest absolute Gasteiger partial charge is 0.348 e. The molecule has 0 aliphatic carbocycles. The number of halogens is 1. The van der Waals surface area contributed by atoms with Crippen molar-refractivity contribution < 1.29 is 13.9 Å². The first kappa shape index (κ1) is 16.9. The van der Waals surface area contributed by atoms with Crippen LogP contribution in [0.1, 0.15) is 22.2 Å². The van der Waals surface area contributed by atoms with Crippen LogP contribution in [0.5, 0.6) is 0 Å². The third-order valence-corrected chi connectivity index (χ3v) is 6.00. The molecular formula is C18H13FN2O3S2. The first-order valence-electron chi connectivity index (χ1n) is 7.89. The van der Waals surface area contributed by atoms with Gasteiger partial charge in [-0.2, -0.15) is 0 Å². The number of carbonyl (C=O) groups is 1. The van der Waals surface area contributed by atoms with Crippen molar-refractivity contribution in [3.63, 3.8) is 0 Å². The van der Waals surface area contributed by atoms with Gasteiger partial charge >= 0.3 is 5.97 Å². The maximum absolute atomic E-state index is 14.5. The minimum Gasteiger partial charge on any atom is -0.462 e. The molecule has 4 rings (SSSR count). The number of fused-ring (bicyclic) bond motifs is 2. The Hall–Kier alpha value is -2.58. The fourth-order valence-corrected chi connectivity index (χ4v) is 4.70.